The predicted molar refractivity (Wildman–Crippen MR) is 114 cm³/mol. The summed E-state index contributed by atoms with van der Waals surface area (Å²) >= 11 is 0. The Kier molecular flexibility index (Phi) is 7.06. The van der Waals surface area contributed by atoms with E-state index < -0.39 is 17.9 Å². The number of primary amides is 1. The third-order valence-electron chi connectivity index (χ3n) is 6.11. The zero-order valence-corrected chi connectivity index (χ0v) is 18.5. The number of ether oxygens (including phenoxy) is 1. The molecule has 0 radical (unpaired) electrons. The molecular formula is C23H33F2N3O3. The second-order valence-corrected chi connectivity index (χ2v) is 8.98. The fourth-order valence-electron chi connectivity index (χ4n) is 3.56. The molecule has 1 heterocycles. The van der Waals surface area contributed by atoms with Gasteiger partial charge < -0.3 is 20.7 Å². The van der Waals surface area contributed by atoms with Gasteiger partial charge >= 0.3 is 0 Å². The molecule has 2 saturated carbocycles. The molecule has 3 fully saturated rings. The van der Waals surface area contributed by atoms with Crippen LogP contribution < -0.4 is 11.1 Å². The second kappa shape index (κ2) is 9.40. The maximum absolute atomic E-state index is 13.5. The fourth-order valence-corrected chi connectivity index (χ4v) is 3.56. The Hall–Kier alpha value is -2.38. The van der Waals surface area contributed by atoms with E-state index in [9.17, 15) is 18.4 Å². The maximum Gasteiger partial charge on any atom is 0.282 e. The van der Waals surface area contributed by atoms with E-state index in [1.165, 1.54) is 0 Å². The molecule has 2 aliphatic carbocycles. The minimum Gasteiger partial charge on any atom is -0.496 e. The smallest absolute Gasteiger partial charge is 0.282 e. The molecule has 8 heteroatoms. The molecule has 0 aromatic heterocycles. The van der Waals surface area contributed by atoms with Crippen molar-refractivity contribution in [2.24, 2.45) is 17.6 Å². The highest BCUT2D eigenvalue weighted by Gasteiger charge is 2.45. The van der Waals surface area contributed by atoms with Crippen molar-refractivity contribution in [1.29, 1.82) is 0 Å². The number of halogens is 2. The Morgan fingerprint density at radius 3 is 2.32 bits per heavy atom. The summed E-state index contributed by atoms with van der Waals surface area (Å²) in [4.78, 5) is 26.2. The molecule has 6 nitrogen and oxygen atoms in total. The van der Waals surface area contributed by atoms with Gasteiger partial charge in [-0.15, -0.1) is 0 Å². The van der Waals surface area contributed by atoms with Gasteiger partial charge in [0.05, 0.1) is 25.4 Å². The predicted octanol–water partition coefficient (Wildman–Crippen LogP) is 3.26. The monoisotopic (exact) mass is 437 g/mol. The molecule has 0 spiro atoms. The number of alkyl halides is 2. The quantitative estimate of drug-likeness (QED) is 0.295. The topological polar surface area (TPSA) is 84.7 Å². The third kappa shape index (κ3) is 6.31. The minimum absolute atomic E-state index is 0.0884. The third-order valence-corrected chi connectivity index (χ3v) is 6.11. The Morgan fingerprint density at radius 1 is 1.19 bits per heavy atom. The second-order valence-electron chi connectivity index (χ2n) is 8.98. The van der Waals surface area contributed by atoms with Gasteiger partial charge in [-0.05, 0) is 69.9 Å². The zero-order chi connectivity index (χ0) is 22.8. The molecule has 1 aliphatic heterocycles. The van der Waals surface area contributed by atoms with Crippen LogP contribution in [0.5, 0.6) is 0 Å². The van der Waals surface area contributed by atoms with Gasteiger partial charge in [0, 0.05) is 5.57 Å². The largest absolute Gasteiger partial charge is 0.496 e. The Balaban J connectivity index is 1.79. The molecule has 3 aliphatic rings. The lowest BCUT2D eigenvalue weighted by atomic mass is 10.0. The number of hydrogen-bond acceptors (Lipinski definition) is 4. The van der Waals surface area contributed by atoms with E-state index in [1.807, 2.05) is 13.8 Å². The van der Waals surface area contributed by atoms with E-state index in [4.69, 9.17) is 10.5 Å². The van der Waals surface area contributed by atoms with Gasteiger partial charge in [-0.3, -0.25) is 9.59 Å². The van der Waals surface area contributed by atoms with Crippen LogP contribution in [0.3, 0.4) is 0 Å². The normalized spacial score (nSPS) is 22.9. The van der Waals surface area contributed by atoms with Crippen LogP contribution in [0.2, 0.25) is 0 Å². The summed E-state index contributed by atoms with van der Waals surface area (Å²) in [5, 5.41) is 2.76. The molecule has 1 saturated heterocycles. The van der Waals surface area contributed by atoms with Gasteiger partial charge in [-0.2, -0.15) is 0 Å². The van der Waals surface area contributed by atoms with E-state index in [0.29, 0.717) is 36.0 Å². The lowest BCUT2D eigenvalue weighted by Crippen LogP contribution is -2.55. The van der Waals surface area contributed by atoms with Crippen molar-refractivity contribution in [3.63, 3.8) is 0 Å². The number of nitrogens with two attached hydrogens (primary N) is 1. The minimum atomic E-state index is -2.72. The first-order chi connectivity index (χ1) is 14.6. The van der Waals surface area contributed by atoms with Gasteiger partial charge in [0.2, 0.25) is 5.91 Å². The Bertz CT molecular complexity index is 803. The maximum atomic E-state index is 13.5. The number of nitrogens with zero attached hydrogens (tertiary/aromatic N) is 1. The van der Waals surface area contributed by atoms with Crippen molar-refractivity contribution in [1.82, 2.24) is 10.2 Å². The van der Waals surface area contributed by atoms with Crippen LogP contribution in [0.25, 0.3) is 0 Å². The van der Waals surface area contributed by atoms with Crippen molar-refractivity contribution in [3.8, 4) is 0 Å². The first-order valence-electron chi connectivity index (χ1n) is 11.1. The molecule has 1 atom stereocenters. The molecule has 3 rings (SSSR count). The van der Waals surface area contributed by atoms with Crippen LogP contribution in [0.15, 0.2) is 34.8 Å². The van der Waals surface area contributed by atoms with E-state index in [2.05, 4.69) is 5.32 Å². The average molecular weight is 438 g/mol. The van der Waals surface area contributed by atoms with Crippen LogP contribution in [-0.2, 0) is 14.3 Å². The van der Waals surface area contributed by atoms with Gasteiger partial charge in [-0.25, -0.2) is 8.78 Å². The summed E-state index contributed by atoms with van der Waals surface area (Å²) in [6.07, 6.45) is 7.93. The van der Waals surface area contributed by atoms with Crippen LogP contribution in [-0.4, -0.2) is 48.4 Å². The number of likely N-dealkylation sites (tertiary alicyclic amines) is 1. The number of amides is 2. The van der Waals surface area contributed by atoms with Gasteiger partial charge in [-0.1, -0.05) is 12.5 Å². The van der Waals surface area contributed by atoms with Crippen LogP contribution in [0, 0.1) is 11.8 Å². The lowest BCUT2D eigenvalue weighted by Gasteiger charge is -2.41. The standard InChI is InChI=1S/C23H33F2N3O3/c1-4-14(2)18(22(30)27-20(21(26)29)17-7-8-17)9-10-19(28-12-23(24,25)13-28)15(3)31-11-16-5-6-16/h9-10,16-17,20H,4-8,11-13H2,1-3H3,(H2,26,29)(H,27,30). The van der Waals surface area contributed by atoms with E-state index >= 15 is 0 Å². The van der Waals surface area contributed by atoms with E-state index in [0.717, 1.165) is 31.3 Å². The van der Waals surface area contributed by atoms with Crippen LogP contribution in [0.4, 0.5) is 8.78 Å². The highest BCUT2D eigenvalue weighted by Crippen LogP contribution is 2.34. The molecular weight excluding hydrogens is 404 g/mol. The average Bonchev–Trinajstić information content (AvgIpc) is 3.59. The number of carbonyl (C=O) groups excluding carboxylic acids is 2. The summed E-state index contributed by atoms with van der Waals surface area (Å²) < 4.78 is 32.8. The molecule has 0 aromatic rings. The number of nitrogens with one attached hydrogen (secondary N) is 1. The highest BCUT2D eigenvalue weighted by atomic mass is 19.3. The van der Waals surface area contributed by atoms with Crippen molar-refractivity contribution in [2.75, 3.05) is 19.7 Å². The van der Waals surface area contributed by atoms with Crippen LogP contribution in [0.1, 0.15) is 52.9 Å². The molecule has 2 amide bonds. The summed E-state index contributed by atoms with van der Waals surface area (Å²) in [5.41, 5.74) is 7.25. The number of hydrogen-bond donors (Lipinski definition) is 2. The summed E-state index contributed by atoms with van der Waals surface area (Å²) in [5.74, 6) is -2.44. The molecule has 0 bridgehead atoms. The van der Waals surface area contributed by atoms with Crippen molar-refractivity contribution >= 4 is 11.8 Å². The Labute approximate surface area is 182 Å². The summed E-state index contributed by atoms with van der Waals surface area (Å²) in [7, 11) is 0. The van der Waals surface area contributed by atoms with Crippen LogP contribution >= 0.6 is 0 Å². The van der Waals surface area contributed by atoms with Gasteiger partial charge in [0.15, 0.2) is 0 Å². The zero-order valence-electron chi connectivity index (χ0n) is 18.5. The molecule has 31 heavy (non-hydrogen) atoms. The fraction of sp³-hybridized carbons (Fsp3) is 0.652. The summed E-state index contributed by atoms with van der Waals surface area (Å²) in [6, 6.07) is -0.687. The first-order valence-corrected chi connectivity index (χ1v) is 11.1. The van der Waals surface area contributed by atoms with Gasteiger partial charge in [0.25, 0.3) is 11.8 Å². The lowest BCUT2D eigenvalue weighted by molar-refractivity contribution is -0.125. The van der Waals surface area contributed by atoms with E-state index in [-0.39, 0.29) is 24.9 Å². The van der Waals surface area contributed by atoms with Gasteiger partial charge in [0.1, 0.15) is 11.8 Å². The van der Waals surface area contributed by atoms with Crippen molar-refractivity contribution in [3.05, 3.63) is 34.8 Å². The molecule has 172 valence electrons. The molecule has 0 aromatic carbocycles. The number of rotatable bonds is 11. The SMILES string of the molecule is CCC(C)=C(C=CC(=C(C)OCC1CC1)N1CC(F)(F)C1)C(=O)NC(C(N)=O)C1CC1. The first kappa shape index (κ1) is 23.3. The molecule has 3 N–H and O–H groups in total. The highest BCUT2D eigenvalue weighted by molar-refractivity contribution is 5.99. The number of allylic oxidation sites excluding steroid dienone is 3. The Morgan fingerprint density at radius 2 is 1.84 bits per heavy atom. The number of carbonyl (C=O) groups is 2. The van der Waals surface area contributed by atoms with Crippen molar-refractivity contribution < 1.29 is 23.1 Å². The molecule has 1 unspecified atom stereocenters. The van der Waals surface area contributed by atoms with E-state index in [1.54, 1.807) is 24.0 Å². The van der Waals surface area contributed by atoms with Crippen molar-refractivity contribution in [2.45, 2.75) is 64.8 Å². The summed E-state index contributed by atoms with van der Waals surface area (Å²) in [6.45, 7) is 5.37.